The summed E-state index contributed by atoms with van der Waals surface area (Å²) in [5, 5.41) is 26.9. The van der Waals surface area contributed by atoms with Gasteiger partial charge in [0.2, 0.25) is 0 Å². The highest BCUT2D eigenvalue weighted by Gasteiger charge is 2.58. The molecule has 5 atom stereocenters. The molecule has 3 heterocycles. The molecule has 2 aromatic heterocycles. The Kier molecular flexibility index (Phi) is 17.5. The minimum atomic E-state index is -4.58. The van der Waals surface area contributed by atoms with Gasteiger partial charge in [-0.2, -0.15) is 5.10 Å². The lowest BCUT2D eigenvalue weighted by atomic mass is 9.86. The first kappa shape index (κ1) is 42.3. The summed E-state index contributed by atoms with van der Waals surface area (Å²) < 4.78 is 37.1. The van der Waals surface area contributed by atoms with Gasteiger partial charge in [-0.05, 0) is 31.0 Å². The number of fused-ring (bicyclic) bond motifs is 1. The maximum Gasteiger partial charge on any atom is 0.472 e. The molecule has 1 fully saturated rings. The highest BCUT2D eigenvalue weighted by atomic mass is 31.2. The molecule has 0 radical (unpaired) electrons. The van der Waals surface area contributed by atoms with Gasteiger partial charge in [-0.15, -0.1) is 0 Å². The van der Waals surface area contributed by atoms with Gasteiger partial charge in [0.15, 0.2) is 11.4 Å². The number of phosphoric acid groups is 1. The zero-order valence-corrected chi connectivity index (χ0v) is 32.3. The Balaban J connectivity index is 1.17. The van der Waals surface area contributed by atoms with Crippen LogP contribution in [0.1, 0.15) is 134 Å². The minimum Gasteiger partial charge on any atom is -0.386 e. The summed E-state index contributed by atoms with van der Waals surface area (Å²) in [6.07, 6.45) is 20.5. The number of nitrogens with zero attached hydrogens (tertiary/aromatic N) is 3. The van der Waals surface area contributed by atoms with Gasteiger partial charge in [0.1, 0.15) is 23.5 Å². The molecule has 1 saturated heterocycles. The second-order valence-electron chi connectivity index (χ2n) is 14.6. The quantitative estimate of drug-likeness (QED) is 0.0440. The fraction of sp³-hybridized carbons (Fsp3) is 0.692. The van der Waals surface area contributed by atoms with Crippen LogP contribution in [0.5, 0.6) is 0 Å². The number of anilines is 1. The lowest BCUT2D eigenvalue weighted by Crippen LogP contribution is -2.49. The summed E-state index contributed by atoms with van der Waals surface area (Å²) in [6.45, 7) is 3.15. The lowest BCUT2D eigenvalue weighted by Gasteiger charge is -2.32. The highest BCUT2D eigenvalue weighted by Crippen LogP contribution is 2.48. The molecular weight excluding hydrogens is 683 g/mol. The minimum absolute atomic E-state index is 0.138. The number of nitrogens with two attached hydrogens (primary N) is 1. The summed E-state index contributed by atoms with van der Waals surface area (Å²) in [7, 11) is -4.58. The molecule has 3 aromatic rings. The maximum atomic E-state index is 13.0. The van der Waals surface area contributed by atoms with Crippen LogP contribution in [0, 0.1) is 0 Å². The standard InChI is InChI=1S/C39H63N4O8P/c1-3-4-5-6-7-8-9-10-11-12-13-14-15-16-17-21-24-33(48-27-32-22-19-18-20-23-32)28-50-52(46,47)51-29-38(2)37(44)39(45,30-49-38)35-26-25-34-36(40)41-31-42-43(34)35/h18-20,22-23,25-26,31,33,37,44-45H,3-17,21,24,27-30H2,1-2H3,(H,46,47)(H2,40,41,42)/t33-,37+,38+,39-/m0/s1. The fourth-order valence-corrected chi connectivity index (χ4v) is 7.75. The molecule has 1 aromatic carbocycles. The Morgan fingerprint density at radius 3 is 2.13 bits per heavy atom. The molecule has 0 aliphatic carbocycles. The molecular formula is C39H63N4O8P. The molecule has 0 saturated carbocycles. The van der Waals surface area contributed by atoms with Crippen molar-refractivity contribution < 1.29 is 38.2 Å². The number of phosphoric ester groups is 1. The van der Waals surface area contributed by atoms with Crippen molar-refractivity contribution in [1.82, 2.24) is 14.6 Å². The third-order valence-electron chi connectivity index (χ3n) is 10.2. The smallest absolute Gasteiger partial charge is 0.386 e. The number of hydrogen-bond acceptors (Lipinski definition) is 10. The van der Waals surface area contributed by atoms with E-state index >= 15 is 0 Å². The number of hydrogen-bond donors (Lipinski definition) is 4. The molecule has 0 bridgehead atoms. The SMILES string of the molecule is CCCCCCCCCCCCCCCCCC[C@@H](COP(=O)(O)OC[C@@]1(C)OC[C@](O)(c2ccc3c(N)ncnn23)[C@@H]1O)OCc1ccccc1. The molecule has 0 amide bonds. The van der Waals surface area contributed by atoms with Crippen molar-refractivity contribution in [1.29, 1.82) is 0 Å². The van der Waals surface area contributed by atoms with Crippen LogP contribution in [-0.4, -0.2) is 67.3 Å². The van der Waals surface area contributed by atoms with Crippen molar-refractivity contribution >= 4 is 19.2 Å². The van der Waals surface area contributed by atoms with Crippen LogP contribution in [0.15, 0.2) is 48.8 Å². The molecule has 13 heteroatoms. The molecule has 4 rings (SSSR count). The van der Waals surface area contributed by atoms with Crippen molar-refractivity contribution in [3.05, 3.63) is 60.0 Å². The van der Waals surface area contributed by atoms with E-state index in [1.54, 1.807) is 12.1 Å². The largest absolute Gasteiger partial charge is 0.472 e. The summed E-state index contributed by atoms with van der Waals surface area (Å²) >= 11 is 0. The average Bonchev–Trinajstić information content (AvgIpc) is 3.69. The highest BCUT2D eigenvalue weighted by molar-refractivity contribution is 7.47. The first-order valence-electron chi connectivity index (χ1n) is 19.5. The third-order valence-corrected chi connectivity index (χ3v) is 11.2. The number of nitrogen functional groups attached to an aromatic ring is 1. The van der Waals surface area contributed by atoms with Gasteiger partial charge in [0.25, 0.3) is 0 Å². The summed E-state index contributed by atoms with van der Waals surface area (Å²) in [5.41, 5.74) is 4.20. The average molecular weight is 747 g/mol. The molecule has 5 N–H and O–H groups in total. The molecule has 1 aliphatic heterocycles. The number of unbranched alkanes of at least 4 members (excludes halogenated alkanes) is 15. The van der Waals surface area contributed by atoms with Gasteiger partial charge >= 0.3 is 7.82 Å². The number of aliphatic hydroxyl groups excluding tert-OH is 1. The second kappa shape index (κ2) is 21.5. The first-order valence-corrected chi connectivity index (χ1v) is 21.0. The van der Waals surface area contributed by atoms with Crippen LogP contribution in [0.25, 0.3) is 5.52 Å². The Morgan fingerprint density at radius 2 is 1.52 bits per heavy atom. The number of benzene rings is 1. The van der Waals surface area contributed by atoms with E-state index in [9.17, 15) is 19.7 Å². The van der Waals surface area contributed by atoms with Crippen molar-refractivity contribution in [3.63, 3.8) is 0 Å². The Bertz CT molecular complexity index is 1500. The van der Waals surface area contributed by atoms with E-state index in [1.807, 2.05) is 30.3 Å². The van der Waals surface area contributed by atoms with E-state index in [-0.39, 0.29) is 24.7 Å². The number of aliphatic hydroxyl groups is 2. The first-order chi connectivity index (χ1) is 25.1. The predicted octanol–water partition coefficient (Wildman–Crippen LogP) is 8.02. The molecule has 52 heavy (non-hydrogen) atoms. The number of ether oxygens (including phenoxy) is 2. The van der Waals surface area contributed by atoms with Crippen LogP contribution in [0.2, 0.25) is 0 Å². The third kappa shape index (κ3) is 12.9. The van der Waals surface area contributed by atoms with E-state index in [2.05, 4.69) is 17.0 Å². The zero-order chi connectivity index (χ0) is 37.3. The van der Waals surface area contributed by atoms with Crippen LogP contribution >= 0.6 is 7.82 Å². The van der Waals surface area contributed by atoms with Gasteiger partial charge in [-0.25, -0.2) is 14.1 Å². The van der Waals surface area contributed by atoms with E-state index in [0.717, 1.165) is 24.8 Å². The molecule has 1 unspecified atom stereocenters. The van der Waals surface area contributed by atoms with Crippen LogP contribution in [0.4, 0.5) is 5.82 Å². The van der Waals surface area contributed by atoms with Gasteiger partial charge in [-0.1, -0.05) is 140 Å². The van der Waals surface area contributed by atoms with E-state index < -0.39 is 37.8 Å². The van der Waals surface area contributed by atoms with Gasteiger partial charge in [0, 0.05) is 0 Å². The topological polar surface area (TPSA) is 171 Å². The van der Waals surface area contributed by atoms with Crippen LogP contribution < -0.4 is 5.73 Å². The van der Waals surface area contributed by atoms with Crippen LogP contribution in [-0.2, 0) is 35.3 Å². The lowest BCUT2D eigenvalue weighted by molar-refractivity contribution is -0.100. The van der Waals surface area contributed by atoms with Crippen molar-refractivity contribution in [3.8, 4) is 0 Å². The van der Waals surface area contributed by atoms with Crippen LogP contribution in [0.3, 0.4) is 0 Å². The Labute approximate surface area is 310 Å². The van der Waals surface area contributed by atoms with Crippen molar-refractivity contribution in [2.75, 3.05) is 25.6 Å². The Morgan fingerprint density at radius 1 is 0.923 bits per heavy atom. The molecule has 292 valence electrons. The number of aromatic nitrogens is 3. The van der Waals surface area contributed by atoms with Gasteiger partial charge < -0.3 is 30.3 Å². The second-order valence-corrected chi connectivity index (χ2v) is 16.1. The molecule has 0 spiro atoms. The molecule has 12 nitrogen and oxygen atoms in total. The van der Waals surface area contributed by atoms with Gasteiger partial charge in [-0.3, -0.25) is 9.05 Å². The summed E-state index contributed by atoms with van der Waals surface area (Å²) in [4.78, 5) is 14.6. The monoisotopic (exact) mass is 746 g/mol. The van der Waals surface area contributed by atoms with Gasteiger partial charge in [0.05, 0.1) is 38.2 Å². The van der Waals surface area contributed by atoms with Crippen molar-refractivity contribution in [2.45, 2.75) is 153 Å². The fourth-order valence-electron chi connectivity index (χ4n) is 6.90. The normalized spacial score (nSPS) is 22.2. The number of rotatable bonds is 27. The van der Waals surface area contributed by atoms with E-state index in [1.165, 1.54) is 101 Å². The summed E-state index contributed by atoms with van der Waals surface area (Å²) in [5.74, 6) is 0.212. The Hall–Kier alpha value is -2.41. The van der Waals surface area contributed by atoms with E-state index in [0.29, 0.717) is 18.5 Å². The maximum absolute atomic E-state index is 13.0. The van der Waals surface area contributed by atoms with E-state index in [4.69, 9.17) is 24.3 Å². The summed E-state index contributed by atoms with van der Waals surface area (Å²) in [6, 6.07) is 13.0. The zero-order valence-electron chi connectivity index (χ0n) is 31.4. The van der Waals surface area contributed by atoms with Crippen molar-refractivity contribution in [2.24, 2.45) is 0 Å². The predicted molar refractivity (Wildman–Crippen MR) is 203 cm³/mol. The molecule has 1 aliphatic rings.